The van der Waals surface area contributed by atoms with Crippen molar-refractivity contribution < 1.29 is 9.13 Å². The fourth-order valence-corrected chi connectivity index (χ4v) is 2.89. The predicted octanol–water partition coefficient (Wildman–Crippen LogP) is 2.55. The molecule has 1 aliphatic heterocycles. The number of hydrogen-bond acceptors (Lipinski definition) is 5. The zero-order valence-corrected chi connectivity index (χ0v) is 12.3. The molecule has 1 unspecified atom stereocenters. The van der Waals surface area contributed by atoms with E-state index in [4.69, 9.17) is 10.5 Å². The second-order valence-corrected chi connectivity index (χ2v) is 5.61. The maximum absolute atomic E-state index is 14.7. The minimum Gasteiger partial charge on any atom is -0.384 e. The van der Waals surface area contributed by atoms with Gasteiger partial charge < -0.3 is 15.8 Å². The average molecular weight is 313 g/mol. The fraction of sp³-hybridized carbons (Fsp3) is 0.250. The molecule has 0 spiro atoms. The maximum atomic E-state index is 14.7. The number of fused-ring (bicyclic) bond motifs is 1. The number of pyridine rings is 1. The summed E-state index contributed by atoms with van der Waals surface area (Å²) in [4.78, 5) is 4.27. The van der Waals surface area contributed by atoms with Crippen molar-refractivity contribution in [2.45, 2.75) is 12.5 Å². The summed E-state index contributed by atoms with van der Waals surface area (Å²) in [6.45, 7) is 1.32. The minimum absolute atomic E-state index is 0.158. The Hall–Kier alpha value is -2.67. The van der Waals surface area contributed by atoms with Crippen molar-refractivity contribution >= 4 is 22.4 Å². The van der Waals surface area contributed by atoms with Gasteiger partial charge in [-0.05, 0) is 24.6 Å². The largest absolute Gasteiger partial charge is 0.384 e. The average Bonchev–Trinajstić information content (AvgIpc) is 3.19. The number of halogens is 1. The molecule has 3 aromatic rings. The van der Waals surface area contributed by atoms with E-state index in [1.54, 1.807) is 24.4 Å². The molecular weight excluding hydrogens is 297 g/mol. The zero-order chi connectivity index (χ0) is 15.8. The van der Waals surface area contributed by atoms with Crippen molar-refractivity contribution in [1.82, 2.24) is 15.2 Å². The SMILES string of the molecule is Nc1cc(NC2CCOC2)c2c(F)cc(-c3cc[nH]n3)cc2n1. The van der Waals surface area contributed by atoms with Gasteiger partial charge >= 0.3 is 0 Å². The van der Waals surface area contributed by atoms with E-state index in [0.717, 1.165) is 6.42 Å². The van der Waals surface area contributed by atoms with Gasteiger partial charge in [-0.1, -0.05) is 0 Å². The van der Waals surface area contributed by atoms with Crippen molar-refractivity contribution in [2.24, 2.45) is 0 Å². The molecule has 6 nitrogen and oxygen atoms in total. The van der Waals surface area contributed by atoms with Gasteiger partial charge in [0.15, 0.2) is 0 Å². The summed E-state index contributed by atoms with van der Waals surface area (Å²) in [7, 11) is 0. The van der Waals surface area contributed by atoms with Crippen LogP contribution in [0.25, 0.3) is 22.2 Å². The molecule has 0 aliphatic carbocycles. The standard InChI is InChI=1S/C16H16FN5O/c17-11-5-9(12-1-3-19-22-12)6-13-16(11)14(7-15(18)21-13)20-10-2-4-23-8-10/h1,3,5-7,10H,2,4,8H2,(H,19,22)(H3,18,20,21). The highest BCUT2D eigenvalue weighted by Crippen LogP contribution is 2.32. The number of benzene rings is 1. The summed E-state index contributed by atoms with van der Waals surface area (Å²) in [6, 6.07) is 6.86. The normalized spacial score (nSPS) is 17.7. The Morgan fingerprint density at radius 1 is 1.35 bits per heavy atom. The number of rotatable bonds is 3. The van der Waals surface area contributed by atoms with Gasteiger partial charge in [0.1, 0.15) is 11.6 Å². The van der Waals surface area contributed by atoms with Gasteiger partial charge in [0.05, 0.1) is 34.9 Å². The number of aromatic nitrogens is 3. The lowest BCUT2D eigenvalue weighted by atomic mass is 10.1. The van der Waals surface area contributed by atoms with Gasteiger partial charge in [-0.25, -0.2) is 9.37 Å². The topological polar surface area (TPSA) is 88.9 Å². The second kappa shape index (κ2) is 5.51. The molecule has 4 N–H and O–H groups in total. The molecule has 2 aromatic heterocycles. The Balaban J connectivity index is 1.84. The number of nitrogens with two attached hydrogens (primary N) is 1. The first-order valence-electron chi connectivity index (χ1n) is 7.45. The molecule has 1 atom stereocenters. The van der Waals surface area contributed by atoms with Gasteiger partial charge in [0, 0.05) is 24.4 Å². The molecule has 23 heavy (non-hydrogen) atoms. The molecule has 4 rings (SSSR count). The highest BCUT2D eigenvalue weighted by atomic mass is 19.1. The van der Waals surface area contributed by atoms with Crippen LogP contribution in [0.4, 0.5) is 15.9 Å². The van der Waals surface area contributed by atoms with E-state index in [1.165, 1.54) is 6.07 Å². The number of nitrogen functional groups attached to an aromatic ring is 1. The molecule has 3 heterocycles. The Labute approximate surface area is 131 Å². The van der Waals surface area contributed by atoms with Crippen molar-refractivity contribution in [2.75, 3.05) is 24.3 Å². The lowest BCUT2D eigenvalue weighted by Gasteiger charge is -2.16. The van der Waals surface area contributed by atoms with Crippen molar-refractivity contribution in [3.8, 4) is 11.3 Å². The van der Waals surface area contributed by atoms with Gasteiger partial charge in [-0.2, -0.15) is 5.10 Å². The number of H-pyrrole nitrogens is 1. The molecule has 0 saturated carbocycles. The third-order valence-electron chi connectivity index (χ3n) is 3.97. The van der Waals surface area contributed by atoms with E-state index in [9.17, 15) is 4.39 Å². The number of ether oxygens (including phenoxy) is 1. The van der Waals surface area contributed by atoms with E-state index in [2.05, 4.69) is 20.5 Å². The van der Waals surface area contributed by atoms with Crippen LogP contribution in [0.2, 0.25) is 0 Å². The number of nitrogens with zero attached hydrogens (tertiary/aromatic N) is 2. The lowest BCUT2D eigenvalue weighted by molar-refractivity contribution is 0.195. The Morgan fingerprint density at radius 2 is 2.26 bits per heavy atom. The Bertz CT molecular complexity index is 843. The van der Waals surface area contributed by atoms with E-state index in [1.807, 2.05) is 0 Å². The summed E-state index contributed by atoms with van der Waals surface area (Å²) in [6.07, 6.45) is 2.58. The van der Waals surface area contributed by atoms with Gasteiger partial charge in [0.2, 0.25) is 0 Å². The third kappa shape index (κ3) is 2.59. The second-order valence-electron chi connectivity index (χ2n) is 5.61. The molecule has 7 heteroatoms. The van der Waals surface area contributed by atoms with Crippen molar-refractivity contribution in [1.29, 1.82) is 0 Å². The summed E-state index contributed by atoms with van der Waals surface area (Å²) < 4.78 is 20.1. The highest BCUT2D eigenvalue weighted by Gasteiger charge is 2.19. The quantitative estimate of drug-likeness (QED) is 0.691. The van der Waals surface area contributed by atoms with E-state index >= 15 is 0 Å². The maximum Gasteiger partial charge on any atom is 0.135 e. The number of aromatic amines is 1. The minimum atomic E-state index is -0.352. The van der Waals surface area contributed by atoms with Crippen LogP contribution in [0.5, 0.6) is 0 Å². The van der Waals surface area contributed by atoms with Crippen LogP contribution < -0.4 is 11.1 Å². The van der Waals surface area contributed by atoms with E-state index in [0.29, 0.717) is 46.9 Å². The molecule has 0 amide bonds. The van der Waals surface area contributed by atoms with E-state index in [-0.39, 0.29) is 11.9 Å². The summed E-state index contributed by atoms with van der Waals surface area (Å²) >= 11 is 0. The predicted molar refractivity (Wildman–Crippen MR) is 86.5 cm³/mol. The molecule has 1 fully saturated rings. The summed E-state index contributed by atoms with van der Waals surface area (Å²) in [5, 5.41) is 10.6. The first kappa shape index (κ1) is 14.0. The van der Waals surface area contributed by atoms with Crippen LogP contribution in [0.15, 0.2) is 30.5 Å². The molecule has 0 bridgehead atoms. The van der Waals surface area contributed by atoms with Gasteiger partial charge in [0.25, 0.3) is 0 Å². The zero-order valence-electron chi connectivity index (χ0n) is 12.3. The summed E-state index contributed by atoms with van der Waals surface area (Å²) in [5.41, 5.74) is 8.36. The van der Waals surface area contributed by atoms with Crippen LogP contribution >= 0.6 is 0 Å². The van der Waals surface area contributed by atoms with Crippen LogP contribution in [0.1, 0.15) is 6.42 Å². The number of hydrogen-bond donors (Lipinski definition) is 3. The molecular formula is C16H16FN5O. The Morgan fingerprint density at radius 3 is 3.00 bits per heavy atom. The van der Waals surface area contributed by atoms with Gasteiger partial charge in [-0.3, -0.25) is 5.10 Å². The molecule has 0 radical (unpaired) electrons. The molecule has 1 saturated heterocycles. The van der Waals surface area contributed by atoms with Crippen LogP contribution in [0.3, 0.4) is 0 Å². The van der Waals surface area contributed by atoms with Crippen LogP contribution in [0, 0.1) is 5.82 Å². The number of anilines is 2. The molecule has 118 valence electrons. The molecule has 1 aliphatic rings. The van der Waals surface area contributed by atoms with Crippen LogP contribution in [-0.2, 0) is 4.74 Å². The Kier molecular flexibility index (Phi) is 3.34. The highest BCUT2D eigenvalue weighted by molar-refractivity contribution is 5.95. The fourth-order valence-electron chi connectivity index (χ4n) is 2.89. The van der Waals surface area contributed by atoms with Crippen LogP contribution in [-0.4, -0.2) is 34.4 Å². The van der Waals surface area contributed by atoms with E-state index < -0.39 is 0 Å². The monoisotopic (exact) mass is 313 g/mol. The summed E-state index contributed by atoms with van der Waals surface area (Å²) in [5.74, 6) is -0.00749. The van der Waals surface area contributed by atoms with Crippen molar-refractivity contribution in [3.05, 3.63) is 36.3 Å². The van der Waals surface area contributed by atoms with Gasteiger partial charge in [-0.15, -0.1) is 0 Å². The van der Waals surface area contributed by atoms with Crippen molar-refractivity contribution in [3.63, 3.8) is 0 Å². The smallest absolute Gasteiger partial charge is 0.135 e. The molecule has 1 aromatic carbocycles. The number of nitrogens with one attached hydrogen (secondary N) is 2. The first-order valence-corrected chi connectivity index (χ1v) is 7.45. The first-order chi connectivity index (χ1) is 11.2. The lowest BCUT2D eigenvalue weighted by Crippen LogP contribution is -2.19. The third-order valence-corrected chi connectivity index (χ3v) is 3.97.